The lowest BCUT2D eigenvalue weighted by Crippen LogP contribution is -2.29. The number of hydrogen-bond donors (Lipinski definition) is 2. The first-order valence-corrected chi connectivity index (χ1v) is 9.30. The summed E-state index contributed by atoms with van der Waals surface area (Å²) in [6.45, 7) is 1.44. The average molecular weight is 409 g/mol. The Kier molecular flexibility index (Phi) is 6.06. The van der Waals surface area contributed by atoms with Gasteiger partial charge in [-0.15, -0.1) is 11.3 Å². The SMILES string of the molecule is C[C@H](OC(=O)c1ccc(NC(=O)c2ccco2)cc1)C(=O)Nc1sccc1C#N. The van der Waals surface area contributed by atoms with Crippen LogP contribution in [0.25, 0.3) is 0 Å². The van der Waals surface area contributed by atoms with Gasteiger partial charge in [0.25, 0.3) is 11.8 Å². The molecule has 2 heterocycles. The fraction of sp³-hybridized carbons (Fsp3) is 0.100. The molecule has 8 nitrogen and oxygen atoms in total. The van der Waals surface area contributed by atoms with Crippen LogP contribution in [0.4, 0.5) is 10.7 Å². The molecule has 0 bridgehead atoms. The molecule has 29 heavy (non-hydrogen) atoms. The molecule has 9 heteroatoms. The summed E-state index contributed by atoms with van der Waals surface area (Å²) in [5.41, 5.74) is 1.03. The number of benzene rings is 1. The number of nitrogens with one attached hydrogen (secondary N) is 2. The molecule has 0 radical (unpaired) electrons. The highest BCUT2D eigenvalue weighted by Crippen LogP contribution is 2.22. The molecule has 0 fully saturated rings. The molecular formula is C20H15N3O5S. The molecule has 0 saturated carbocycles. The van der Waals surface area contributed by atoms with Gasteiger partial charge in [0.1, 0.15) is 11.1 Å². The van der Waals surface area contributed by atoms with E-state index in [0.717, 1.165) is 0 Å². The van der Waals surface area contributed by atoms with Crippen LogP contribution in [0.15, 0.2) is 58.5 Å². The zero-order valence-electron chi connectivity index (χ0n) is 15.2. The maximum atomic E-state index is 12.3. The quantitative estimate of drug-likeness (QED) is 0.600. The van der Waals surface area contributed by atoms with E-state index in [0.29, 0.717) is 16.3 Å². The van der Waals surface area contributed by atoms with Crippen molar-refractivity contribution in [3.8, 4) is 6.07 Å². The topological polar surface area (TPSA) is 121 Å². The summed E-state index contributed by atoms with van der Waals surface area (Å²) in [5, 5.41) is 16.2. The molecule has 2 aromatic heterocycles. The van der Waals surface area contributed by atoms with Crippen LogP contribution < -0.4 is 10.6 Å². The van der Waals surface area contributed by atoms with E-state index >= 15 is 0 Å². The maximum Gasteiger partial charge on any atom is 0.338 e. The van der Waals surface area contributed by atoms with Crippen molar-refractivity contribution >= 4 is 39.8 Å². The maximum absolute atomic E-state index is 12.3. The van der Waals surface area contributed by atoms with Crippen molar-refractivity contribution in [1.29, 1.82) is 5.26 Å². The highest BCUT2D eigenvalue weighted by Gasteiger charge is 2.20. The van der Waals surface area contributed by atoms with E-state index in [4.69, 9.17) is 14.4 Å². The first-order chi connectivity index (χ1) is 14.0. The van der Waals surface area contributed by atoms with Crippen LogP contribution >= 0.6 is 11.3 Å². The van der Waals surface area contributed by atoms with Crippen LogP contribution in [0.3, 0.4) is 0 Å². The summed E-state index contributed by atoms with van der Waals surface area (Å²) in [6.07, 6.45) is 0.333. The van der Waals surface area contributed by atoms with Gasteiger partial charge in [-0.3, -0.25) is 9.59 Å². The molecule has 2 N–H and O–H groups in total. The second-order valence-corrected chi connectivity index (χ2v) is 6.74. The van der Waals surface area contributed by atoms with E-state index in [-0.39, 0.29) is 11.3 Å². The second-order valence-electron chi connectivity index (χ2n) is 5.82. The molecule has 0 aliphatic carbocycles. The molecule has 2 amide bonds. The van der Waals surface area contributed by atoms with E-state index < -0.39 is 23.9 Å². The van der Waals surface area contributed by atoms with E-state index in [1.54, 1.807) is 17.5 Å². The van der Waals surface area contributed by atoms with Crippen molar-refractivity contribution in [2.75, 3.05) is 10.6 Å². The standard InChI is InChI=1S/C20H15N3O5S/c1-12(17(24)23-19-14(11-21)8-10-29-19)28-20(26)13-4-6-15(7-5-13)22-18(25)16-3-2-9-27-16/h2-10,12H,1H3,(H,22,25)(H,23,24)/t12-/m0/s1. The van der Waals surface area contributed by atoms with Crippen LogP contribution in [-0.2, 0) is 9.53 Å². The van der Waals surface area contributed by atoms with Crippen molar-refractivity contribution in [2.24, 2.45) is 0 Å². The minimum atomic E-state index is -1.06. The third-order valence-electron chi connectivity index (χ3n) is 3.80. The first kappa shape index (κ1) is 19.9. The Bertz CT molecular complexity index is 1060. The van der Waals surface area contributed by atoms with Crippen molar-refractivity contribution in [3.63, 3.8) is 0 Å². The molecule has 3 rings (SSSR count). The molecule has 0 spiro atoms. The highest BCUT2D eigenvalue weighted by molar-refractivity contribution is 7.14. The molecule has 146 valence electrons. The minimum absolute atomic E-state index is 0.165. The number of nitriles is 1. The predicted octanol–water partition coefficient (Wildman–Crippen LogP) is 3.65. The van der Waals surface area contributed by atoms with Gasteiger partial charge in [0, 0.05) is 5.69 Å². The molecule has 1 aromatic carbocycles. The third-order valence-corrected chi connectivity index (χ3v) is 4.63. The van der Waals surface area contributed by atoms with Crippen LogP contribution in [0.1, 0.15) is 33.4 Å². The molecule has 0 aliphatic heterocycles. The normalized spacial score (nSPS) is 11.2. The molecule has 0 aliphatic rings. The summed E-state index contributed by atoms with van der Waals surface area (Å²) in [6, 6.07) is 12.7. The number of furan rings is 1. The number of anilines is 2. The van der Waals surface area contributed by atoms with Crippen molar-refractivity contribution < 1.29 is 23.5 Å². The molecular weight excluding hydrogens is 394 g/mol. The number of amides is 2. The fourth-order valence-corrected chi connectivity index (χ4v) is 3.02. The minimum Gasteiger partial charge on any atom is -0.459 e. The van der Waals surface area contributed by atoms with E-state index in [1.807, 2.05) is 6.07 Å². The van der Waals surface area contributed by atoms with Crippen LogP contribution in [0, 0.1) is 11.3 Å². The zero-order valence-corrected chi connectivity index (χ0v) is 16.0. The highest BCUT2D eigenvalue weighted by atomic mass is 32.1. The van der Waals surface area contributed by atoms with Gasteiger partial charge in [0.2, 0.25) is 0 Å². The molecule has 3 aromatic rings. The van der Waals surface area contributed by atoms with E-state index in [1.165, 1.54) is 54.9 Å². The van der Waals surface area contributed by atoms with Gasteiger partial charge in [-0.1, -0.05) is 0 Å². The van der Waals surface area contributed by atoms with Gasteiger partial charge in [-0.05, 0) is 54.8 Å². The lowest BCUT2D eigenvalue weighted by atomic mass is 10.2. The Morgan fingerprint density at radius 1 is 1.14 bits per heavy atom. The Morgan fingerprint density at radius 2 is 1.90 bits per heavy atom. The second kappa shape index (κ2) is 8.86. The summed E-state index contributed by atoms with van der Waals surface area (Å²) in [4.78, 5) is 36.4. The number of esters is 1. The van der Waals surface area contributed by atoms with Crippen molar-refractivity contribution in [3.05, 3.63) is 71.0 Å². The number of thiophene rings is 1. The Morgan fingerprint density at radius 3 is 2.55 bits per heavy atom. The van der Waals surface area contributed by atoms with Gasteiger partial charge < -0.3 is 19.8 Å². The third kappa shape index (κ3) is 4.88. The average Bonchev–Trinajstić information content (AvgIpc) is 3.40. The van der Waals surface area contributed by atoms with Crippen LogP contribution in [-0.4, -0.2) is 23.9 Å². The lowest BCUT2D eigenvalue weighted by Gasteiger charge is -2.13. The van der Waals surface area contributed by atoms with Crippen molar-refractivity contribution in [2.45, 2.75) is 13.0 Å². The number of hydrogen-bond acceptors (Lipinski definition) is 7. The van der Waals surface area contributed by atoms with Gasteiger partial charge >= 0.3 is 5.97 Å². The van der Waals surface area contributed by atoms with Crippen LogP contribution in [0.2, 0.25) is 0 Å². The molecule has 1 atom stereocenters. The summed E-state index contributed by atoms with van der Waals surface area (Å²) >= 11 is 1.20. The number of carbonyl (C=O) groups is 3. The number of rotatable bonds is 6. The smallest absolute Gasteiger partial charge is 0.338 e. The predicted molar refractivity (Wildman–Crippen MR) is 106 cm³/mol. The number of ether oxygens (including phenoxy) is 1. The Labute approximate surface area is 169 Å². The monoisotopic (exact) mass is 409 g/mol. The van der Waals surface area contributed by atoms with E-state index in [2.05, 4.69) is 10.6 Å². The van der Waals surface area contributed by atoms with Crippen molar-refractivity contribution in [1.82, 2.24) is 0 Å². The zero-order chi connectivity index (χ0) is 20.8. The summed E-state index contributed by atoms with van der Waals surface area (Å²) in [7, 11) is 0. The summed E-state index contributed by atoms with van der Waals surface area (Å²) < 4.78 is 10.2. The van der Waals surface area contributed by atoms with E-state index in [9.17, 15) is 14.4 Å². The van der Waals surface area contributed by atoms with Gasteiger partial charge in [-0.2, -0.15) is 5.26 Å². The Hall–Kier alpha value is -3.90. The fourth-order valence-electron chi connectivity index (χ4n) is 2.28. The Balaban J connectivity index is 1.56. The number of nitrogens with zero attached hydrogens (tertiary/aromatic N) is 1. The van der Waals surface area contributed by atoms with Crippen LogP contribution in [0.5, 0.6) is 0 Å². The molecule has 0 saturated heterocycles. The van der Waals surface area contributed by atoms with Gasteiger partial charge in [-0.25, -0.2) is 4.79 Å². The lowest BCUT2D eigenvalue weighted by molar-refractivity contribution is -0.123. The van der Waals surface area contributed by atoms with Gasteiger partial charge in [0.15, 0.2) is 11.9 Å². The first-order valence-electron chi connectivity index (χ1n) is 8.42. The largest absolute Gasteiger partial charge is 0.459 e. The number of carbonyl (C=O) groups excluding carboxylic acids is 3. The summed E-state index contributed by atoms with van der Waals surface area (Å²) in [5.74, 6) is -1.48. The molecule has 0 unspecified atom stereocenters. The van der Waals surface area contributed by atoms with Gasteiger partial charge in [0.05, 0.1) is 17.4 Å².